The van der Waals surface area contributed by atoms with Crippen LogP contribution in [0.15, 0.2) is 29.4 Å². The van der Waals surface area contributed by atoms with Crippen LogP contribution in [0.1, 0.15) is 26.5 Å². The Balaban J connectivity index is 2.05. The van der Waals surface area contributed by atoms with Crippen molar-refractivity contribution in [3.05, 3.63) is 46.0 Å². The minimum absolute atomic E-state index is 0.226. The van der Waals surface area contributed by atoms with Gasteiger partial charge in [0, 0.05) is 0 Å². The zero-order chi connectivity index (χ0) is 15.5. The zero-order valence-electron chi connectivity index (χ0n) is 10.7. The highest BCUT2D eigenvalue weighted by Crippen LogP contribution is 2.29. The van der Waals surface area contributed by atoms with Crippen molar-refractivity contribution in [1.29, 1.82) is 0 Å². The molecule has 1 aromatic carbocycles. The molecule has 0 saturated carbocycles. The highest BCUT2D eigenvalue weighted by Gasteiger charge is 2.30. The number of nitrogens with zero attached hydrogens (tertiary/aromatic N) is 3. The molecule has 21 heavy (non-hydrogen) atoms. The molecule has 110 valence electrons. The summed E-state index contributed by atoms with van der Waals surface area (Å²) in [5.74, 6) is -0.509. The van der Waals surface area contributed by atoms with Crippen molar-refractivity contribution in [1.82, 2.24) is 15.0 Å². The lowest BCUT2D eigenvalue weighted by molar-refractivity contribution is -0.137. The Kier molecular flexibility index (Phi) is 4.32. The summed E-state index contributed by atoms with van der Waals surface area (Å²) in [6.07, 6.45) is -3.28. The Bertz CT molecular complexity index is 681. The second-order valence-electron chi connectivity index (χ2n) is 4.01. The van der Waals surface area contributed by atoms with E-state index in [1.807, 2.05) is 0 Å². The van der Waals surface area contributed by atoms with Gasteiger partial charge in [-0.15, -0.1) is 5.10 Å². The van der Waals surface area contributed by atoms with Gasteiger partial charge in [-0.2, -0.15) is 18.3 Å². The molecular formula is C12H9F3N4OS. The van der Waals surface area contributed by atoms with Crippen LogP contribution in [0.5, 0.6) is 0 Å². The number of carbonyl (C=O) groups is 1. The molecule has 0 bridgehead atoms. The summed E-state index contributed by atoms with van der Waals surface area (Å²) in [6.45, 7) is 1.62. The molecule has 2 aromatic rings. The van der Waals surface area contributed by atoms with E-state index in [2.05, 4.69) is 20.1 Å². The summed E-state index contributed by atoms with van der Waals surface area (Å²) in [5.41, 5.74) is 2.13. The van der Waals surface area contributed by atoms with Gasteiger partial charge in [0.05, 0.1) is 17.5 Å². The number of nitrogens with one attached hydrogen (secondary N) is 1. The van der Waals surface area contributed by atoms with Crippen LogP contribution in [-0.4, -0.2) is 21.7 Å². The minimum atomic E-state index is -4.42. The van der Waals surface area contributed by atoms with Crippen molar-refractivity contribution in [2.24, 2.45) is 5.10 Å². The lowest BCUT2D eigenvalue weighted by Gasteiger charge is -2.06. The van der Waals surface area contributed by atoms with Gasteiger partial charge in [-0.1, -0.05) is 16.6 Å². The fraction of sp³-hybridized carbons (Fsp3) is 0.167. The zero-order valence-corrected chi connectivity index (χ0v) is 11.5. The van der Waals surface area contributed by atoms with Crippen molar-refractivity contribution >= 4 is 23.7 Å². The van der Waals surface area contributed by atoms with Gasteiger partial charge in [0.15, 0.2) is 0 Å². The molecule has 1 aromatic heterocycles. The molecule has 1 N–H and O–H groups in total. The Hall–Kier alpha value is -2.29. The number of hydrogen-bond donors (Lipinski definition) is 1. The van der Waals surface area contributed by atoms with Crippen LogP contribution in [0.4, 0.5) is 13.2 Å². The van der Waals surface area contributed by atoms with Crippen molar-refractivity contribution in [3.63, 3.8) is 0 Å². The number of hydrogen-bond acceptors (Lipinski definition) is 5. The van der Waals surface area contributed by atoms with Gasteiger partial charge in [-0.25, -0.2) is 5.43 Å². The van der Waals surface area contributed by atoms with Crippen LogP contribution in [0.2, 0.25) is 0 Å². The number of alkyl halides is 3. The smallest absolute Gasteiger partial charge is 0.266 e. The molecular weight excluding hydrogens is 305 g/mol. The van der Waals surface area contributed by atoms with E-state index in [9.17, 15) is 18.0 Å². The second-order valence-corrected chi connectivity index (χ2v) is 4.76. The highest BCUT2D eigenvalue weighted by molar-refractivity contribution is 7.07. The molecule has 0 aliphatic carbocycles. The fourth-order valence-electron chi connectivity index (χ4n) is 1.45. The molecule has 0 spiro atoms. The molecule has 0 aliphatic rings. The summed E-state index contributed by atoms with van der Waals surface area (Å²) in [4.78, 5) is 12.0. The predicted octanol–water partition coefficient (Wildman–Crippen LogP) is 2.63. The van der Waals surface area contributed by atoms with Crippen molar-refractivity contribution in [2.45, 2.75) is 13.1 Å². The van der Waals surface area contributed by atoms with Crippen LogP contribution < -0.4 is 5.43 Å². The molecule has 1 heterocycles. The molecule has 2 rings (SSSR count). The maximum Gasteiger partial charge on any atom is 0.416 e. The number of benzene rings is 1. The standard InChI is InChI=1S/C12H9F3N4OS/c1-7-10(21-19-17-7)11(20)18-16-6-8-3-2-4-9(5-8)12(13,14)15/h2-6H,1H3,(H,18,20)/b16-6+. The number of rotatable bonds is 3. The maximum absolute atomic E-state index is 12.5. The SMILES string of the molecule is Cc1nnsc1C(=O)N/N=C/c1cccc(C(F)(F)F)c1. The summed E-state index contributed by atoms with van der Waals surface area (Å²) in [7, 11) is 0. The quantitative estimate of drug-likeness (QED) is 0.699. The van der Waals surface area contributed by atoms with Gasteiger partial charge < -0.3 is 0 Å². The molecule has 9 heteroatoms. The molecule has 0 fully saturated rings. The third-order valence-electron chi connectivity index (χ3n) is 2.45. The summed E-state index contributed by atoms with van der Waals surface area (Å²) >= 11 is 0.914. The fourth-order valence-corrected chi connectivity index (χ4v) is 2.00. The first-order chi connectivity index (χ1) is 9.88. The molecule has 5 nitrogen and oxygen atoms in total. The van der Waals surface area contributed by atoms with E-state index in [0.717, 1.165) is 29.9 Å². The Morgan fingerprint density at radius 2 is 2.19 bits per heavy atom. The average molecular weight is 314 g/mol. The Labute approximate surface area is 121 Å². The summed E-state index contributed by atoms with van der Waals surface area (Å²) in [6, 6.07) is 4.62. The average Bonchev–Trinajstić information content (AvgIpc) is 2.84. The molecule has 0 unspecified atom stereocenters. The number of aryl methyl sites for hydroxylation is 1. The first-order valence-corrected chi connectivity index (χ1v) is 6.45. The Morgan fingerprint density at radius 1 is 1.43 bits per heavy atom. The van der Waals surface area contributed by atoms with E-state index in [0.29, 0.717) is 10.6 Å². The second kappa shape index (κ2) is 6.00. The van der Waals surface area contributed by atoms with Gasteiger partial charge >= 0.3 is 6.18 Å². The number of hydrazone groups is 1. The first-order valence-electron chi connectivity index (χ1n) is 5.67. The van der Waals surface area contributed by atoms with Crippen LogP contribution in [0.3, 0.4) is 0 Å². The third-order valence-corrected chi connectivity index (χ3v) is 3.28. The van der Waals surface area contributed by atoms with Crippen molar-refractivity contribution < 1.29 is 18.0 Å². The largest absolute Gasteiger partial charge is 0.416 e. The lowest BCUT2D eigenvalue weighted by Crippen LogP contribution is -2.17. The first kappa shape index (κ1) is 15.1. The van der Waals surface area contributed by atoms with Gasteiger partial charge in [0.1, 0.15) is 4.88 Å². The maximum atomic E-state index is 12.5. The molecule has 0 saturated heterocycles. The molecule has 0 atom stereocenters. The van der Waals surface area contributed by atoms with Crippen LogP contribution in [0.25, 0.3) is 0 Å². The monoisotopic (exact) mass is 314 g/mol. The van der Waals surface area contributed by atoms with Gasteiger partial charge in [-0.3, -0.25) is 4.79 Å². The molecule has 0 aliphatic heterocycles. The third kappa shape index (κ3) is 3.85. The lowest BCUT2D eigenvalue weighted by atomic mass is 10.1. The predicted molar refractivity (Wildman–Crippen MR) is 71.2 cm³/mol. The van der Waals surface area contributed by atoms with E-state index >= 15 is 0 Å². The van der Waals surface area contributed by atoms with E-state index in [1.54, 1.807) is 6.92 Å². The van der Waals surface area contributed by atoms with E-state index in [-0.39, 0.29) is 5.56 Å². The molecule has 1 amide bonds. The minimum Gasteiger partial charge on any atom is -0.266 e. The van der Waals surface area contributed by atoms with E-state index < -0.39 is 17.6 Å². The number of halogens is 3. The van der Waals surface area contributed by atoms with Crippen LogP contribution >= 0.6 is 11.5 Å². The van der Waals surface area contributed by atoms with Crippen molar-refractivity contribution in [3.8, 4) is 0 Å². The van der Waals surface area contributed by atoms with Crippen molar-refractivity contribution in [2.75, 3.05) is 0 Å². The summed E-state index contributed by atoms with van der Waals surface area (Å²) in [5, 5.41) is 7.29. The number of aromatic nitrogens is 2. The van der Waals surface area contributed by atoms with Crippen LogP contribution in [-0.2, 0) is 6.18 Å². The number of carbonyl (C=O) groups excluding carboxylic acids is 1. The normalized spacial score (nSPS) is 11.8. The van der Waals surface area contributed by atoms with Gasteiger partial charge in [0.25, 0.3) is 5.91 Å². The highest BCUT2D eigenvalue weighted by atomic mass is 32.1. The van der Waals surface area contributed by atoms with E-state index in [4.69, 9.17) is 0 Å². The topological polar surface area (TPSA) is 67.2 Å². The number of amides is 1. The van der Waals surface area contributed by atoms with Gasteiger partial charge in [-0.05, 0) is 36.2 Å². The Morgan fingerprint density at radius 3 is 2.81 bits per heavy atom. The summed E-state index contributed by atoms with van der Waals surface area (Å²) < 4.78 is 41.2. The van der Waals surface area contributed by atoms with E-state index in [1.165, 1.54) is 12.1 Å². The molecule has 0 radical (unpaired) electrons. The van der Waals surface area contributed by atoms with Crippen LogP contribution in [0, 0.1) is 6.92 Å². The van der Waals surface area contributed by atoms with Gasteiger partial charge in [0.2, 0.25) is 0 Å².